The van der Waals surface area contributed by atoms with Crippen molar-refractivity contribution in [1.29, 1.82) is 0 Å². The summed E-state index contributed by atoms with van der Waals surface area (Å²) in [5, 5.41) is 11.9. The lowest BCUT2D eigenvalue weighted by molar-refractivity contribution is -0.140. The quantitative estimate of drug-likeness (QED) is 0.857. The number of benzene rings is 2. The van der Waals surface area contributed by atoms with Crippen molar-refractivity contribution < 1.29 is 14.7 Å². The zero-order valence-corrected chi connectivity index (χ0v) is 13.3. The van der Waals surface area contributed by atoms with Crippen molar-refractivity contribution >= 4 is 11.9 Å². The predicted octanol–water partition coefficient (Wildman–Crippen LogP) is 3.58. The van der Waals surface area contributed by atoms with E-state index in [0.29, 0.717) is 12.0 Å². The van der Waals surface area contributed by atoms with E-state index in [2.05, 4.69) is 5.32 Å². The SMILES string of the molecule is CC[C@H](C)[C@@H](NC(=O)c1ccc(-c2ccccc2)cc1)C(=O)O. The second-order valence-electron chi connectivity index (χ2n) is 5.62. The lowest BCUT2D eigenvalue weighted by Crippen LogP contribution is -2.45. The van der Waals surface area contributed by atoms with Gasteiger partial charge in [0.1, 0.15) is 6.04 Å². The molecule has 0 spiro atoms. The Balaban J connectivity index is 2.12. The lowest BCUT2D eigenvalue weighted by Gasteiger charge is -2.20. The number of hydrogen-bond acceptors (Lipinski definition) is 2. The third-order valence-electron chi connectivity index (χ3n) is 4.02. The number of carboxylic acid groups (broad SMARTS) is 1. The summed E-state index contributed by atoms with van der Waals surface area (Å²) in [4.78, 5) is 23.5. The van der Waals surface area contributed by atoms with Gasteiger partial charge < -0.3 is 10.4 Å². The van der Waals surface area contributed by atoms with Gasteiger partial charge in [0.25, 0.3) is 5.91 Å². The van der Waals surface area contributed by atoms with Crippen molar-refractivity contribution in [2.45, 2.75) is 26.3 Å². The summed E-state index contributed by atoms with van der Waals surface area (Å²) in [6, 6.07) is 16.1. The highest BCUT2D eigenvalue weighted by atomic mass is 16.4. The Hall–Kier alpha value is -2.62. The third kappa shape index (κ3) is 4.19. The molecule has 1 amide bonds. The Kier molecular flexibility index (Phi) is 5.52. The molecule has 120 valence electrons. The highest BCUT2D eigenvalue weighted by Crippen LogP contribution is 2.19. The maximum atomic E-state index is 12.3. The Morgan fingerprint density at radius 3 is 2.09 bits per heavy atom. The molecule has 2 atom stereocenters. The van der Waals surface area contributed by atoms with Crippen LogP contribution in [0.2, 0.25) is 0 Å². The van der Waals surface area contributed by atoms with E-state index in [0.717, 1.165) is 11.1 Å². The van der Waals surface area contributed by atoms with Gasteiger partial charge in [0.2, 0.25) is 0 Å². The van der Waals surface area contributed by atoms with Crippen molar-refractivity contribution in [3.8, 4) is 11.1 Å². The van der Waals surface area contributed by atoms with Crippen molar-refractivity contribution in [3.63, 3.8) is 0 Å². The van der Waals surface area contributed by atoms with E-state index in [-0.39, 0.29) is 11.8 Å². The lowest BCUT2D eigenvalue weighted by atomic mass is 9.98. The predicted molar refractivity (Wildman–Crippen MR) is 90.2 cm³/mol. The topological polar surface area (TPSA) is 66.4 Å². The van der Waals surface area contributed by atoms with E-state index >= 15 is 0 Å². The summed E-state index contributed by atoms with van der Waals surface area (Å²) in [5.41, 5.74) is 2.54. The van der Waals surface area contributed by atoms with Gasteiger partial charge in [0.15, 0.2) is 0 Å². The first-order valence-electron chi connectivity index (χ1n) is 7.72. The molecule has 2 aromatic carbocycles. The molecular weight excluding hydrogens is 290 g/mol. The van der Waals surface area contributed by atoms with E-state index in [1.54, 1.807) is 12.1 Å². The Morgan fingerprint density at radius 1 is 1.00 bits per heavy atom. The fourth-order valence-electron chi connectivity index (χ4n) is 2.35. The molecule has 0 aliphatic heterocycles. The molecule has 0 bridgehead atoms. The van der Waals surface area contributed by atoms with Gasteiger partial charge in [-0.25, -0.2) is 4.79 Å². The molecule has 0 aromatic heterocycles. The van der Waals surface area contributed by atoms with E-state index < -0.39 is 12.0 Å². The maximum Gasteiger partial charge on any atom is 0.326 e. The maximum absolute atomic E-state index is 12.3. The van der Waals surface area contributed by atoms with Crippen LogP contribution >= 0.6 is 0 Å². The van der Waals surface area contributed by atoms with Crippen LogP contribution in [0.15, 0.2) is 54.6 Å². The second kappa shape index (κ2) is 7.58. The van der Waals surface area contributed by atoms with Crippen molar-refractivity contribution in [2.24, 2.45) is 5.92 Å². The average molecular weight is 311 g/mol. The molecule has 0 saturated heterocycles. The number of amides is 1. The van der Waals surface area contributed by atoms with Crippen molar-refractivity contribution in [2.75, 3.05) is 0 Å². The number of carboxylic acids is 1. The summed E-state index contributed by atoms with van der Waals surface area (Å²) in [6.45, 7) is 3.72. The van der Waals surface area contributed by atoms with Gasteiger partial charge in [-0.3, -0.25) is 4.79 Å². The molecule has 0 unspecified atom stereocenters. The van der Waals surface area contributed by atoms with E-state index in [1.165, 1.54) is 0 Å². The first kappa shape index (κ1) is 16.7. The monoisotopic (exact) mass is 311 g/mol. The molecule has 0 fully saturated rings. The average Bonchev–Trinajstić information content (AvgIpc) is 2.59. The minimum absolute atomic E-state index is 0.125. The molecule has 0 heterocycles. The Bertz CT molecular complexity index is 665. The van der Waals surface area contributed by atoms with E-state index in [4.69, 9.17) is 0 Å². The summed E-state index contributed by atoms with van der Waals surface area (Å²) in [7, 11) is 0. The number of hydrogen-bond donors (Lipinski definition) is 2. The molecule has 0 aliphatic carbocycles. The highest BCUT2D eigenvalue weighted by molar-refractivity contribution is 5.97. The van der Waals surface area contributed by atoms with Gasteiger partial charge in [-0.05, 0) is 29.2 Å². The second-order valence-corrected chi connectivity index (χ2v) is 5.62. The summed E-state index contributed by atoms with van der Waals surface area (Å²) in [6.07, 6.45) is 0.685. The molecule has 23 heavy (non-hydrogen) atoms. The van der Waals surface area contributed by atoms with Gasteiger partial charge in [0, 0.05) is 5.56 Å². The minimum Gasteiger partial charge on any atom is -0.480 e. The number of carbonyl (C=O) groups excluding carboxylic acids is 1. The van der Waals surface area contributed by atoms with Crippen LogP contribution in [0.1, 0.15) is 30.6 Å². The van der Waals surface area contributed by atoms with Gasteiger partial charge in [-0.2, -0.15) is 0 Å². The van der Waals surface area contributed by atoms with Crippen LogP contribution in [0, 0.1) is 5.92 Å². The molecule has 2 rings (SSSR count). The van der Waals surface area contributed by atoms with Gasteiger partial charge in [-0.1, -0.05) is 62.7 Å². The number of nitrogens with one attached hydrogen (secondary N) is 1. The number of aliphatic carboxylic acids is 1. The fraction of sp³-hybridized carbons (Fsp3) is 0.263. The van der Waals surface area contributed by atoms with Crippen LogP contribution in [0.5, 0.6) is 0 Å². The van der Waals surface area contributed by atoms with E-state index in [9.17, 15) is 14.7 Å². The normalized spacial score (nSPS) is 13.1. The summed E-state index contributed by atoms with van der Waals surface area (Å²) >= 11 is 0. The Labute approximate surface area is 136 Å². The van der Waals surface area contributed by atoms with Crippen LogP contribution in [0.4, 0.5) is 0 Å². The molecule has 0 aliphatic rings. The fourth-order valence-corrected chi connectivity index (χ4v) is 2.35. The third-order valence-corrected chi connectivity index (χ3v) is 4.02. The molecule has 0 radical (unpaired) electrons. The van der Waals surface area contributed by atoms with E-state index in [1.807, 2.05) is 56.3 Å². The van der Waals surface area contributed by atoms with Crippen molar-refractivity contribution in [3.05, 3.63) is 60.2 Å². The molecule has 4 heteroatoms. The molecule has 2 N–H and O–H groups in total. The first-order valence-corrected chi connectivity index (χ1v) is 7.72. The van der Waals surface area contributed by atoms with Crippen molar-refractivity contribution in [1.82, 2.24) is 5.32 Å². The highest BCUT2D eigenvalue weighted by Gasteiger charge is 2.25. The van der Waals surface area contributed by atoms with Gasteiger partial charge >= 0.3 is 5.97 Å². The minimum atomic E-state index is -1.01. The van der Waals surface area contributed by atoms with Crippen LogP contribution in [0.3, 0.4) is 0 Å². The summed E-state index contributed by atoms with van der Waals surface area (Å²) in [5.74, 6) is -1.49. The zero-order valence-electron chi connectivity index (χ0n) is 13.3. The van der Waals surface area contributed by atoms with Crippen LogP contribution in [-0.2, 0) is 4.79 Å². The first-order chi connectivity index (χ1) is 11.0. The molecule has 0 saturated carbocycles. The summed E-state index contributed by atoms with van der Waals surface area (Å²) < 4.78 is 0. The van der Waals surface area contributed by atoms with Gasteiger partial charge in [-0.15, -0.1) is 0 Å². The molecule has 4 nitrogen and oxygen atoms in total. The van der Waals surface area contributed by atoms with Crippen LogP contribution in [-0.4, -0.2) is 23.0 Å². The molecular formula is C19H21NO3. The Morgan fingerprint density at radius 2 is 1.57 bits per heavy atom. The zero-order chi connectivity index (χ0) is 16.8. The smallest absolute Gasteiger partial charge is 0.326 e. The van der Waals surface area contributed by atoms with Crippen LogP contribution < -0.4 is 5.32 Å². The van der Waals surface area contributed by atoms with Gasteiger partial charge in [0.05, 0.1) is 0 Å². The largest absolute Gasteiger partial charge is 0.480 e. The number of rotatable bonds is 6. The standard InChI is InChI=1S/C19H21NO3/c1-3-13(2)17(19(22)23)20-18(21)16-11-9-15(10-12-16)14-7-5-4-6-8-14/h4-13,17H,3H2,1-2H3,(H,20,21)(H,22,23)/t13-,17+/m0/s1. The number of carbonyl (C=O) groups is 2. The van der Waals surface area contributed by atoms with Crippen LogP contribution in [0.25, 0.3) is 11.1 Å². The molecule has 2 aromatic rings.